The first-order chi connectivity index (χ1) is 5.75. The van der Waals surface area contributed by atoms with Crippen LogP contribution in [0, 0.1) is 0 Å². The third-order valence-electron chi connectivity index (χ3n) is 1.65. The smallest absolute Gasteiger partial charge is 0.311 e. The number of hydrogen-bond donors (Lipinski definition) is 1. The van der Waals surface area contributed by atoms with Crippen molar-refractivity contribution >= 4 is 21.9 Å². The Labute approximate surface area is 79.3 Å². The van der Waals surface area contributed by atoms with Crippen LogP contribution < -0.4 is 0 Å². The molecule has 0 aliphatic heterocycles. The van der Waals surface area contributed by atoms with Gasteiger partial charge in [0.05, 0.1) is 5.92 Å². The zero-order valence-electron chi connectivity index (χ0n) is 6.40. The molecule has 0 saturated carbocycles. The number of benzene rings is 1. The first-order valence-corrected chi connectivity index (χ1v) is 4.71. The maximum Gasteiger partial charge on any atom is 0.311 e. The van der Waals surface area contributed by atoms with Gasteiger partial charge in [-0.05, 0) is 5.56 Å². The van der Waals surface area contributed by atoms with Crippen LogP contribution in [0.2, 0.25) is 0 Å². The summed E-state index contributed by atoms with van der Waals surface area (Å²) in [4.78, 5) is 10.7. The Morgan fingerprint density at radius 1 is 1.42 bits per heavy atom. The molecular formula is C9H9BrO2. The molecule has 1 aromatic rings. The first-order valence-electron chi connectivity index (χ1n) is 3.59. The average Bonchev–Trinajstić information content (AvgIpc) is 2.07. The predicted octanol–water partition coefficient (Wildman–Crippen LogP) is 2.25. The molecule has 1 N–H and O–H groups in total. The van der Waals surface area contributed by atoms with Crippen molar-refractivity contribution in [2.75, 3.05) is 5.33 Å². The minimum Gasteiger partial charge on any atom is -0.481 e. The van der Waals surface area contributed by atoms with Gasteiger partial charge in [0.25, 0.3) is 0 Å². The standard InChI is InChI=1S/C9H9BrO2/c10-6-8(9(11)12)7-4-2-1-3-5-7/h1-5,8H,6H2,(H,11,12). The summed E-state index contributed by atoms with van der Waals surface area (Å²) in [6.07, 6.45) is 0. The lowest BCUT2D eigenvalue weighted by molar-refractivity contribution is -0.138. The highest BCUT2D eigenvalue weighted by molar-refractivity contribution is 9.09. The van der Waals surface area contributed by atoms with E-state index in [-0.39, 0.29) is 0 Å². The molecule has 0 saturated heterocycles. The molecule has 0 fully saturated rings. The van der Waals surface area contributed by atoms with Crippen LogP contribution in [-0.4, -0.2) is 16.4 Å². The normalized spacial score (nSPS) is 12.4. The van der Waals surface area contributed by atoms with Gasteiger partial charge in [-0.15, -0.1) is 0 Å². The number of halogens is 1. The zero-order valence-corrected chi connectivity index (χ0v) is 7.99. The largest absolute Gasteiger partial charge is 0.481 e. The Kier molecular flexibility index (Phi) is 3.29. The van der Waals surface area contributed by atoms with Crippen LogP contribution in [0.4, 0.5) is 0 Å². The van der Waals surface area contributed by atoms with E-state index in [0.29, 0.717) is 5.33 Å². The number of alkyl halides is 1. The van der Waals surface area contributed by atoms with Crippen molar-refractivity contribution < 1.29 is 9.90 Å². The van der Waals surface area contributed by atoms with E-state index >= 15 is 0 Å². The predicted molar refractivity (Wildman–Crippen MR) is 50.6 cm³/mol. The van der Waals surface area contributed by atoms with E-state index in [4.69, 9.17) is 5.11 Å². The Bertz CT molecular complexity index is 258. The van der Waals surface area contributed by atoms with Gasteiger partial charge in [-0.3, -0.25) is 4.79 Å². The summed E-state index contributed by atoms with van der Waals surface area (Å²) < 4.78 is 0. The summed E-state index contributed by atoms with van der Waals surface area (Å²) in [6.45, 7) is 0. The molecule has 12 heavy (non-hydrogen) atoms. The number of hydrogen-bond acceptors (Lipinski definition) is 1. The Morgan fingerprint density at radius 2 is 2.00 bits per heavy atom. The van der Waals surface area contributed by atoms with Crippen LogP contribution in [0.3, 0.4) is 0 Å². The van der Waals surface area contributed by atoms with Gasteiger partial charge >= 0.3 is 5.97 Å². The lowest BCUT2D eigenvalue weighted by Crippen LogP contribution is -2.12. The van der Waals surface area contributed by atoms with Crippen molar-refractivity contribution in [1.29, 1.82) is 0 Å². The fraction of sp³-hybridized carbons (Fsp3) is 0.222. The lowest BCUT2D eigenvalue weighted by atomic mass is 10.0. The van der Waals surface area contributed by atoms with Crippen molar-refractivity contribution in [3.05, 3.63) is 35.9 Å². The highest BCUT2D eigenvalue weighted by Crippen LogP contribution is 2.17. The van der Waals surface area contributed by atoms with Crippen molar-refractivity contribution in [2.24, 2.45) is 0 Å². The first kappa shape index (κ1) is 9.26. The number of rotatable bonds is 3. The molecule has 0 amide bonds. The van der Waals surface area contributed by atoms with E-state index in [1.807, 2.05) is 30.3 Å². The summed E-state index contributed by atoms with van der Waals surface area (Å²) in [5.74, 6) is -1.23. The van der Waals surface area contributed by atoms with Crippen LogP contribution in [0.1, 0.15) is 11.5 Å². The van der Waals surface area contributed by atoms with Crippen molar-refractivity contribution in [3.63, 3.8) is 0 Å². The second-order valence-corrected chi connectivity index (χ2v) is 3.10. The molecule has 2 nitrogen and oxygen atoms in total. The molecule has 1 unspecified atom stereocenters. The van der Waals surface area contributed by atoms with E-state index in [1.54, 1.807) is 0 Å². The average molecular weight is 229 g/mol. The molecule has 0 bridgehead atoms. The van der Waals surface area contributed by atoms with Gasteiger partial charge in [0.2, 0.25) is 0 Å². The van der Waals surface area contributed by atoms with E-state index in [2.05, 4.69) is 15.9 Å². The molecule has 0 heterocycles. The van der Waals surface area contributed by atoms with Crippen LogP contribution >= 0.6 is 15.9 Å². The third kappa shape index (κ3) is 2.08. The van der Waals surface area contributed by atoms with Crippen molar-refractivity contribution in [2.45, 2.75) is 5.92 Å². The van der Waals surface area contributed by atoms with Gasteiger partial charge < -0.3 is 5.11 Å². The molecule has 0 radical (unpaired) electrons. The fourth-order valence-corrected chi connectivity index (χ4v) is 1.63. The number of carboxylic acid groups (broad SMARTS) is 1. The van der Waals surface area contributed by atoms with Gasteiger partial charge in [-0.1, -0.05) is 46.3 Å². The van der Waals surface area contributed by atoms with Gasteiger partial charge in [-0.25, -0.2) is 0 Å². The molecule has 1 atom stereocenters. The van der Waals surface area contributed by atoms with Gasteiger partial charge in [0.1, 0.15) is 0 Å². The van der Waals surface area contributed by atoms with Crippen LogP contribution in [0.15, 0.2) is 30.3 Å². The minimum atomic E-state index is -0.793. The lowest BCUT2D eigenvalue weighted by Gasteiger charge is -2.07. The van der Waals surface area contributed by atoms with E-state index in [0.717, 1.165) is 5.56 Å². The summed E-state index contributed by atoms with van der Waals surface area (Å²) in [7, 11) is 0. The van der Waals surface area contributed by atoms with E-state index in [9.17, 15) is 4.79 Å². The highest BCUT2D eigenvalue weighted by atomic mass is 79.9. The van der Waals surface area contributed by atoms with Crippen LogP contribution in [0.25, 0.3) is 0 Å². The molecule has 0 aliphatic carbocycles. The maximum atomic E-state index is 10.7. The molecule has 3 heteroatoms. The van der Waals surface area contributed by atoms with Gasteiger partial charge in [0, 0.05) is 5.33 Å². The quantitative estimate of drug-likeness (QED) is 0.807. The SMILES string of the molecule is O=C(O)C(CBr)c1ccccc1. The molecule has 1 rings (SSSR count). The molecule has 0 aliphatic rings. The fourth-order valence-electron chi connectivity index (χ4n) is 0.983. The van der Waals surface area contributed by atoms with Crippen molar-refractivity contribution in [1.82, 2.24) is 0 Å². The van der Waals surface area contributed by atoms with Crippen LogP contribution in [0.5, 0.6) is 0 Å². The molecule has 1 aromatic carbocycles. The van der Waals surface area contributed by atoms with E-state index in [1.165, 1.54) is 0 Å². The second-order valence-electron chi connectivity index (χ2n) is 2.46. The highest BCUT2D eigenvalue weighted by Gasteiger charge is 2.17. The molecule has 0 aromatic heterocycles. The van der Waals surface area contributed by atoms with Crippen molar-refractivity contribution in [3.8, 4) is 0 Å². The molecule has 0 spiro atoms. The second kappa shape index (κ2) is 4.26. The topological polar surface area (TPSA) is 37.3 Å². The van der Waals surface area contributed by atoms with Crippen LogP contribution in [-0.2, 0) is 4.79 Å². The monoisotopic (exact) mass is 228 g/mol. The molecule has 64 valence electrons. The Hall–Kier alpha value is -0.830. The molecular weight excluding hydrogens is 220 g/mol. The maximum absolute atomic E-state index is 10.7. The summed E-state index contributed by atoms with van der Waals surface area (Å²) in [5.41, 5.74) is 0.835. The third-order valence-corrected chi connectivity index (χ3v) is 2.30. The number of aliphatic carboxylic acids is 1. The zero-order chi connectivity index (χ0) is 8.97. The van der Waals surface area contributed by atoms with Gasteiger partial charge in [-0.2, -0.15) is 0 Å². The van der Waals surface area contributed by atoms with Gasteiger partial charge in [0.15, 0.2) is 0 Å². The number of carbonyl (C=O) groups is 1. The Morgan fingerprint density at radius 3 is 2.42 bits per heavy atom. The summed E-state index contributed by atoms with van der Waals surface area (Å²) >= 11 is 3.17. The summed E-state index contributed by atoms with van der Waals surface area (Å²) in [6, 6.07) is 9.19. The minimum absolute atomic E-state index is 0.439. The summed E-state index contributed by atoms with van der Waals surface area (Å²) in [5, 5.41) is 9.25. The van der Waals surface area contributed by atoms with E-state index < -0.39 is 11.9 Å². The number of carboxylic acids is 1. The Balaban J connectivity index is 2.88.